The first-order chi connectivity index (χ1) is 26.0. The SMILES string of the molecule is CC[C@H]1OC[C@H](C)C[C@@H](C)[C@@H](O[C@@H]2O[C@H](C)C[C@H](N(C)C)[C@H]2O)[C@]2(C)C[C@H](C)[C@H](O)[C@@H](C)C(OC/C(=N/OCc3ccc(-c4ccno4)nc3)CO2)[C@]1(C)O. The molecule has 3 aliphatic rings. The van der Waals surface area contributed by atoms with E-state index in [2.05, 4.69) is 29.1 Å². The summed E-state index contributed by atoms with van der Waals surface area (Å²) in [6, 6.07) is 5.29. The summed E-state index contributed by atoms with van der Waals surface area (Å²) in [4.78, 5) is 12.4. The second-order valence-corrected chi connectivity index (χ2v) is 17.1. The van der Waals surface area contributed by atoms with Gasteiger partial charge in [0, 0.05) is 36.4 Å². The minimum Gasteiger partial charge on any atom is -0.392 e. The number of aromatic nitrogens is 2. The van der Waals surface area contributed by atoms with Gasteiger partial charge in [-0.15, -0.1) is 0 Å². The van der Waals surface area contributed by atoms with E-state index >= 15 is 0 Å². The highest BCUT2D eigenvalue weighted by atomic mass is 16.7. The van der Waals surface area contributed by atoms with Crippen LogP contribution in [-0.4, -0.2) is 130 Å². The molecule has 0 amide bonds. The van der Waals surface area contributed by atoms with Gasteiger partial charge in [-0.3, -0.25) is 4.98 Å². The van der Waals surface area contributed by atoms with E-state index < -0.39 is 53.9 Å². The summed E-state index contributed by atoms with van der Waals surface area (Å²) in [7, 11) is 3.91. The topological polar surface area (TPSA) is 171 Å². The lowest BCUT2D eigenvalue weighted by Gasteiger charge is -2.48. The van der Waals surface area contributed by atoms with Crippen molar-refractivity contribution < 1.29 is 48.4 Å². The summed E-state index contributed by atoms with van der Waals surface area (Å²) in [6.45, 7) is 16.4. The number of aliphatic hydroxyl groups excluding tert-OH is 2. The molecule has 310 valence electrons. The number of likely N-dealkylation sites (N-methyl/N-ethyl adjacent to an activating group) is 1. The molecule has 14 heteroatoms. The lowest BCUT2D eigenvalue weighted by atomic mass is 9.73. The third-order valence-corrected chi connectivity index (χ3v) is 11.9. The third-order valence-electron chi connectivity index (χ3n) is 11.9. The molecule has 1 unspecified atom stereocenters. The molecule has 0 aromatic carbocycles. The number of fused-ring (bicyclic) bond motifs is 5. The van der Waals surface area contributed by atoms with E-state index in [1.807, 2.05) is 65.7 Å². The maximum atomic E-state index is 12.3. The number of oxime groups is 1. The Bertz CT molecular complexity index is 1490. The van der Waals surface area contributed by atoms with Crippen LogP contribution in [0, 0.1) is 23.7 Å². The predicted octanol–water partition coefficient (Wildman–Crippen LogP) is 4.84. The summed E-state index contributed by atoms with van der Waals surface area (Å²) >= 11 is 0. The van der Waals surface area contributed by atoms with Gasteiger partial charge < -0.3 is 53.3 Å². The molecule has 2 bridgehead atoms. The molecule has 2 aromatic heterocycles. The Balaban J connectivity index is 1.52. The number of rotatable bonds is 8. The Morgan fingerprint density at radius 3 is 2.40 bits per heavy atom. The van der Waals surface area contributed by atoms with E-state index in [-0.39, 0.29) is 49.7 Å². The normalized spacial score (nSPS) is 40.7. The molecule has 3 aliphatic heterocycles. The predicted molar refractivity (Wildman–Crippen MR) is 206 cm³/mol. The van der Waals surface area contributed by atoms with Gasteiger partial charge in [0.1, 0.15) is 29.7 Å². The van der Waals surface area contributed by atoms with Gasteiger partial charge in [-0.1, -0.05) is 51.0 Å². The standard InChI is InChI=1S/C41H66N4O10/c1-11-34-41(8,48)38-28(6)35(46)26(4)18-40(7,37(25(3)16-24(2)20-49-34)54-39-36(47)32(45(9)10)17-27(5)53-39)51-23-30(22-50-38)44-52-21-29-12-13-31(42-19-29)33-14-15-43-55-33/h12-15,19,24-28,32,34-39,46-48H,11,16-18,20-23H2,1-10H3/b44-30-/t24-,25-,26+,27-,28-,32+,34-,35+,36-,37-,38?,39+,40+,41-/m1/s1. The second-order valence-electron chi connectivity index (χ2n) is 17.1. The molecule has 0 saturated carbocycles. The molecule has 3 N–H and O–H groups in total. The first kappa shape index (κ1) is 43.6. The molecule has 0 radical (unpaired) electrons. The Labute approximate surface area is 326 Å². The van der Waals surface area contributed by atoms with E-state index in [4.69, 9.17) is 33.0 Å². The molecular weight excluding hydrogens is 708 g/mol. The van der Waals surface area contributed by atoms with E-state index in [0.29, 0.717) is 49.5 Å². The van der Waals surface area contributed by atoms with Gasteiger partial charge in [0.25, 0.3) is 0 Å². The van der Waals surface area contributed by atoms with Crippen molar-refractivity contribution in [1.29, 1.82) is 0 Å². The van der Waals surface area contributed by atoms with Crippen LogP contribution in [0.15, 0.2) is 40.3 Å². The summed E-state index contributed by atoms with van der Waals surface area (Å²) < 4.78 is 38.5. The summed E-state index contributed by atoms with van der Waals surface area (Å²) in [5.41, 5.74) is -0.565. The fourth-order valence-corrected chi connectivity index (χ4v) is 8.97. The largest absolute Gasteiger partial charge is 0.392 e. The van der Waals surface area contributed by atoms with E-state index in [0.717, 1.165) is 5.56 Å². The van der Waals surface area contributed by atoms with Crippen LogP contribution in [0.5, 0.6) is 0 Å². The number of hydrogen-bond acceptors (Lipinski definition) is 14. The van der Waals surface area contributed by atoms with Crippen molar-refractivity contribution in [3.8, 4) is 11.5 Å². The summed E-state index contributed by atoms with van der Waals surface area (Å²) in [6.07, 6.45) is 0.790. The fraction of sp³-hybridized carbons (Fsp3) is 0.780. The number of nitrogens with zero attached hydrogens (tertiary/aromatic N) is 4. The van der Waals surface area contributed by atoms with Crippen molar-refractivity contribution in [1.82, 2.24) is 15.0 Å². The van der Waals surface area contributed by atoms with Gasteiger partial charge in [0.15, 0.2) is 12.1 Å². The second kappa shape index (κ2) is 18.8. The molecule has 3 fully saturated rings. The first-order valence-electron chi connectivity index (χ1n) is 20.0. The van der Waals surface area contributed by atoms with E-state index in [1.165, 1.54) is 0 Å². The zero-order chi connectivity index (χ0) is 40.1. The number of aliphatic hydroxyl groups is 3. The Hall–Kier alpha value is -2.53. The Kier molecular flexibility index (Phi) is 14.9. The van der Waals surface area contributed by atoms with Crippen LogP contribution < -0.4 is 0 Å². The Morgan fingerprint density at radius 1 is 0.982 bits per heavy atom. The van der Waals surface area contributed by atoms with E-state index in [1.54, 1.807) is 25.4 Å². The van der Waals surface area contributed by atoms with Crippen molar-refractivity contribution in [3.63, 3.8) is 0 Å². The molecular formula is C41H66N4O10. The lowest BCUT2D eigenvalue weighted by molar-refractivity contribution is -0.299. The van der Waals surface area contributed by atoms with Gasteiger partial charge in [0.05, 0.1) is 55.5 Å². The number of ether oxygens (including phenoxy) is 5. The van der Waals surface area contributed by atoms with Crippen LogP contribution >= 0.6 is 0 Å². The molecule has 5 rings (SSSR count). The molecule has 2 aromatic rings. The minimum atomic E-state index is -1.45. The lowest BCUT2D eigenvalue weighted by Crippen LogP contribution is -2.59. The van der Waals surface area contributed by atoms with Gasteiger partial charge >= 0.3 is 0 Å². The smallest absolute Gasteiger partial charge is 0.185 e. The molecule has 0 aliphatic carbocycles. The van der Waals surface area contributed by atoms with E-state index in [9.17, 15) is 15.3 Å². The van der Waals surface area contributed by atoms with Crippen molar-refractivity contribution in [2.75, 3.05) is 33.9 Å². The van der Waals surface area contributed by atoms with Gasteiger partial charge in [-0.05, 0) is 84.4 Å². The highest BCUT2D eigenvalue weighted by Gasteiger charge is 2.51. The van der Waals surface area contributed by atoms with Crippen molar-refractivity contribution in [2.45, 2.75) is 148 Å². The van der Waals surface area contributed by atoms with Gasteiger partial charge in [0.2, 0.25) is 0 Å². The fourth-order valence-electron chi connectivity index (χ4n) is 8.97. The van der Waals surface area contributed by atoms with Crippen molar-refractivity contribution >= 4 is 5.71 Å². The molecule has 0 spiro atoms. The van der Waals surface area contributed by atoms with Gasteiger partial charge in [-0.2, -0.15) is 0 Å². The minimum absolute atomic E-state index is 0.0197. The quantitative estimate of drug-likeness (QED) is 0.312. The van der Waals surface area contributed by atoms with Crippen LogP contribution in [0.4, 0.5) is 0 Å². The highest BCUT2D eigenvalue weighted by Crippen LogP contribution is 2.41. The van der Waals surface area contributed by atoms with Crippen LogP contribution in [0.25, 0.3) is 11.5 Å². The molecule has 3 saturated heterocycles. The average molecular weight is 775 g/mol. The summed E-state index contributed by atoms with van der Waals surface area (Å²) in [5.74, 6) is -0.260. The van der Waals surface area contributed by atoms with Crippen LogP contribution in [0.1, 0.15) is 86.6 Å². The number of pyridine rings is 1. The maximum Gasteiger partial charge on any atom is 0.185 e. The van der Waals surface area contributed by atoms with Crippen LogP contribution in [0.3, 0.4) is 0 Å². The molecule has 14 atom stereocenters. The molecule has 5 heterocycles. The first-order valence-corrected chi connectivity index (χ1v) is 20.0. The van der Waals surface area contributed by atoms with Crippen molar-refractivity contribution in [3.05, 3.63) is 36.2 Å². The zero-order valence-electron chi connectivity index (χ0n) is 34.5. The monoisotopic (exact) mass is 774 g/mol. The highest BCUT2D eigenvalue weighted by molar-refractivity contribution is 5.86. The van der Waals surface area contributed by atoms with Crippen LogP contribution in [0.2, 0.25) is 0 Å². The zero-order valence-corrected chi connectivity index (χ0v) is 34.5. The molecule has 55 heavy (non-hydrogen) atoms. The average Bonchev–Trinajstić information content (AvgIpc) is 3.68. The number of hydrogen-bond donors (Lipinski definition) is 3. The van der Waals surface area contributed by atoms with Crippen molar-refractivity contribution in [2.24, 2.45) is 28.8 Å². The maximum absolute atomic E-state index is 12.3. The summed E-state index contributed by atoms with van der Waals surface area (Å²) in [5, 5.41) is 44.2. The van der Waals surface area contributed by atoms with Crippen LogP contribution in [-0.2, 0) is 35.1 Å². The third kappa shape index (κ3) is 10.5. The molecule has 14 nitrogen and oxygen atoms in total. The Morgan fingerprint density at radius 2 is 1.75 bits per heavy atom. The van der Waals surface area contributed by atoms with Gasteiger partial charge in [-0.25, -0.2) is 0 Å².